The monoisotopic (exact) mass is 277 g/mol. The maximum absolute atomic E-state index is 11.3. The fourth-order valence-corrected chi connectivity index (χ4v) is 2.82. The van der Waals surface area contributed by atoms with E-state index in [1.165, 1.54) is 17.3 Å². The van der Waals surface area contributed by atoms with Crippen LogP contribution < -0.4 is 5.32 Å². The second-order valence-electron chi connectivity index (χ2n) is 5.20. The molecule has 19 heavy (non-hydrogen) atoms. The van der Waals surface area contributed by atoms with Crippen molar-refractivity contribution in [2.24, 2.45) is 0 Å². The van der Waals surface area contributed by atoms with Crippen LogP contribution in [0.5, 0.6) is 0 Å². The molecule has 0 spiro atoms. The molecule has 1 rings (SSSR count). The molecule has 1 aromatic rings. The molecule has 0 aromatic heterocycles. The maximum atomic E-state index is 11.3. The van der Waals surface area contributed by atoms with Gasteiger partial charge < -0.3 is 5.32 Å². The van der Waals surface area contributed by atoms with Crippen LogP contribution >= 0.6 is 7.92 Å². The van der Waals surface area contributed by atoms with Crippen molar-refractivity contribution >= 4 is 13.8 Å². The van der Waals surface area contributed by atoms with Gasteiger partial charge in [-0.3, -0.25) is 4.79 Å². The standard InChI is InChI=1S/C16H24NOP/c1-13(2)16(18)17-10-6-9-14-7-5-8-15(11-14)12-19(3)4/h5,7-8,11H,1,6,9-10,12H2,2-4H3,(H,17,18). The van der Waals surface area contributed by atoms with Gasteiger partial charge >= 0.3 is 0 Å². The van der Waals surface area contributed by atoms with E-state index in [-0.39, 0.29) is 13.8 Å². The molecule has 0 aliphatic carbocycles. The minimum Gasteiger partial charge on any atom is -0.352 e. The summed E-state index contributed by atoms with van der Waals surface area (Å²) in [5.41, 5.74) is 3.36. The van der Waals surface area contributed by atoms with Crippen LogP contribution in [-0.4, -0.2) is 25.8 Å². The molecule has 0 saturated heterocycles. The van der Waals surface area contributed by atoms with E-state index in [0.29, 0.717) is 12.1 Å². The maximum Gasteiger partial charge on any atom is 0.246 e. The highest BCUT2D eigenvalue weighted by Gasteiger charge is 2.01. The van der Waals surface area contributed by atoms with Gasteiger partial charge in [-0.2, -0.15) is 0 Å². The number of carbonyl (C=O) groups is 1. The molecular weight excluding hydrogens is 253 g/mol. The summed E-state index contributed by atoms with van der Waals surface area (Å²) in [4.78, 5) is 11.3. The molecule has 0 atom stereocenters. The van der Waals surface area contributed by atoms with E-state index in [0.717, 1.165) is 12.8 Å². The Morgan fingerprint density at radius 2 is 2.00 bits per heavy atom. The number of carbonyl (C=O) groups excluding carboxylic acids is 1. The lowest BCUT2D eigenvalue weighted by Crippen LogP contribution is -2.24. The van der Waals surface area contributed by atoms with Crippen molar-refractivity contribution in [1.29, 1.82) is 0 Å². The molecule has 0 bridgehead atoms. The van der Waals surface area contributed by atoms with E-state index in [9.17, 15) is 4.79 Å². The molecule has 0 heterocycles. The van der Waals surface area contributed by atoms with Gasteiger partial charge in [-0.1, -0.05) is 30.8 Å². The van der Waals surface area contributed by atoms with Crippen molar-refractivity contribution in [3.05, 3.63) is 47.5 Å². The summed E-state index contributed by atoms with van der Waals surface area (Å²) in [6.07, 6.45) is 3.17. The second-order valence-corrected chi connectivity index (χ2v) is 7.67. The molecule has 1 aromatic carbocycles. The number of nitrogens with one attached hydrogen (secondary N) is 1. The molecule has 2 nitrogen and oxygen atoms in total. The molecule has 0 saturated carbocycles. The summed E-state index contributed by atoms with van der Waals surface area (Å²) in [5, 5.41) is 2.86. The van der Waals surface area contributed by atoms with E-state index >= 15 is 0 Å². The van der Waals surface area contributed by atoms with Crippen LogP contribution in [0.25, 0.3) is 0 Å². The lowest BCUT2D eigenvalue weighted by Gasteiger charge is -2.08. The van der Waals surface area contributed by atoms with E-state index in [4.69, 9.17) is 0 Å². The zero-order chi connectivity index (χ0) is 14.3. The molecule has 0 aliphatic rings. The van der Waals surface area contributed by atoms with Crippen molar-refractivity contribution in [2.45, 2.75) is 25.9 Å². The average Bonchev–Trinajstić information content (AvgIpc) is 2.34. The van der Waals surface area contributed by atoms with Crippen molar-refractivity contribution < 1.29 is 4.79 Å². The minimum absolute atomic E-state index is 0.0450. The van der Waals surface area contributed by atoms with Crippen LogP contribution in [0.15, 0.2) is 36.4 Å². The normalized spacial score (nSPS) is 10.5. The van der Waals surface area contributed by atoms with E-state index in [2.05, 4.69) is 49.5 Å². The van der Waals surface area contributed by atoms with Gasteiger partial charge in [-0.25, -0.2) is 0 Å². The van der Waals surface area contributed by atoms with Crippen LogP contribution in [0.4, 0.5) is 0 Å². The SMILES string of the molecule is C=C(C)C(=O)NCCCc1cccc(CP(C)C)c1. The summed E-state index contributed by atoms with van der Waals surface area (Å²) in [6.45, 7) is 10.7. The highest BCUT2D eigenvalue weighted by atomic mass is 31.1. The quantitative estimate of drug-likeness (QED) is 0.461. The predicted octanol–water partition coefficient (Wildman–Crippen LogP) is 3.55. The first kappa shape index (κ1) is 15.9. The first-order valence-corrected chi connectivity index (χ1v) is 9.07. The van der Waals surface area contributed by atoms with Gasteiger partial charge in [-0.15, -0.1) is 7.92 Å². The number of aryl methyl sites for hydroxylation is 1. The smallest absolute Gasteiger partial charge is 0.246 e. The Morgan fingerprint density at radius 1 is 1.32 bits per heavy atom. The Labute approximate surface area is 118 Å². The molecule has 1 amide bonds. The third kappa shape index (κ3) is 6.54. The van der Waals surface area contributed by atoms with Crippen LogP contribution in [-0.2, 0) is 17.4 Å². The Balaban J connectivity index is 2.37. The van der Waals surface area contributed by atoms with Crippen LogP contribution in [0, 0.1) is 0 Å². The van der Waals surface area contributed by atoms with Gasteiger partial charge in [0.15, 0.2) is 0 Å². The lowest BCUT2D eigenvalue weighted by molar-refractivity contribution is -0.117. The highest BCUT2D eigenvalue weighted by molar-refractivity contribution is 7.55. The molecule has 0 unspecified atom stereocenters. The summed E-state index contributed by atoms with van der Waals surface area (Å²) < 4.78 is 0. The van der Waals surface area contributed by atoms with Crippen LogP contribution in [0.2, 0.25) is 0 Å². The molecule has 0 fully saturated rings. The fourth-order valence-electron chi connectivity index (χ4n) is 1.89. The van der Waals surface area contributed by atoms with Gasteiger partial charge in [0.25, 0.3) is 0 Å². The Morgan fingerprint density at radius 3 is 2.63 bits per heavy atom. The van der Waals surface area contributed by atoms with Crippen LogP contribution in [0.3, 0.4) is 0 Å². The van der Waals surface area contributed by atoms with E-state index in [1.807, 2.05) is 0 Å². The summed E-state index contributed by atoms with van der Waals surface area (Å²) in [7, 11) is 0.112. The molecule has 1 N–H and O–H groups in total. The largest absolute Gasteiger partial charge is 0.352 e. The van der Waals surface area contributed by atoms with Gasteiger partial charge in [-0.05, 0) is 50.4 Å². The van der Waals surface area contributed by atoms with E-state index < -0.39 is 0 Å². The molecule has 3 heteroatoms. The third-order valence-corrected chi connectivity index (χ3v) is 3.80. The molecule has 0 aliphatic heterocycles. The predicted molar refractivity (Wildman–Crippen MR) is 85.1 cm³/mol. The lowest BCUT2D eigenvalue weighted by atomic mass is 10.1. The van der Waals surface area contributed by atoms with Crippen molar-refractivity contribution in [3.8, 4) is 0 Å². The summed E-state index contributed by atoms with van der Waals surface area (Å²) in [6, 6.07) is 8.80. The number of hydrogen-bond acceptors (Lipinski definition) is 1. The molecular formula is C16H24NOP. The van der Waals surface area contributed by atoms with Crippen molar-refractivity contribution in [2.75, 3.05) is 19.9 Å². The minimum atomic E-state index is -0.0450. The molecule has 0 radical (unpaired) electrons. The van der Waals surface area contributed by atoms with Crippen molar-refractivity contribution in [3.63, 3.8) is 0 Å². The van der Waals surface area contributed by atoms with Crippen LogP contribution in [0.1, 0.15) is 24.5 Å². The average molecular weight is 277 g/mol. The topological polar surface area (TPSA) is 29.1 Å². The third-order valence-electron chi connectivity index (χ3n) is 2.81. The highest BCUT2D eigenvalue weighted by Crippen LogP contribution is 2.30. The van der Waals surface area contributed by atoms with Crippen molar-refractivity contribution in [1.82, 2.24) is 5.32 Å². The molecule has 104 valence electrons. The summed E-state index contributed by atoms with van der Waals surface area (Å²) in [5.74, 6) is -0.0450. The fraction of sp³-hybridized carbons (Fsp3) is 0.438. The number of benzene rings is 1. The van der Waals surface area contributed by atoms with Gasteiger partial charge in [0, 0.05) is 12.1 Å². The zero-order valence-corrected chi connectivity index (χ0v) is 13.1. The van der Waals surface area contributed by atoms with Gasteiger partial charge in [0.2, 0.25) is 5.91 Å². The Bertz CT molecular complexity index is 440. The number of amides is 1. The van der Waals surface area contributed by atoms with Gasteiger partial charge in [0.1, 0.15) is 0 Å². The number of rotatable bonds is 7. The Hall–Kier alpha value is -1.14. The first-order chi connectivity index (χ1) is 8.99. The summed E-state index contributed by atoms with van der Waals surface area (Å²) >= 11 is 0. The zero-order valence-electron chi connectivity index (χ0n) is 12.2. The first-order valence-electron chi connectivity index (χ1n) is 6.65. The van der Waals surface area contributed by atoms with Gasteiger partial charge in [0.05, 0.1) is 0 Å². The van der Waals surface area contributed by atoms with E-state index in [1.54, 1.807) is 6.92 Å². The number of hydrogen-bond donors (Lipinski definition) is 1. The Kier molecular flexibility index (Phi) is 6.80. The second kappa shape index (κ2) is 8.12.